The Kier molecular flexibility index (Phi) is 6.73. The molecule has 0 saturated heterocycles. The number of hydrogen-bond donors (Lipinski definition) is 2. The molecule has 0 bridgehead atoms. The minimum Gasteiger partial charge on any atom is -0.394 e. The van der Waals surface area contributed by atoms with Crippen LogP contribution in [0.15, 0.2) is 89.8 Å². The predicted octanol–water partition coefficient (Wildman–Crippen LogP) is 3.94. The molecule has 0 unspecified atom stereocenters. The van der Waals surface area contributed by atoms with Gasteiger partial charge in [0.05, 0.1) is 35.1 Å². The lowest BCUT2D eigenvalue weighted by Crippen LogP contribution is -2.34. The van der Waals surface area contributed by atoms with Crippen molar-refractivity contribution < 1.29 is 28.0 Å². The molecule has 0 aromatic heterocycles. The van der Waals surface area contributed by atoms with Gasteiger partial charge in [0.2, 0.25) is 11.8 Å². The van der Waals surface area contributed by atoms with E-state index in [0.29, 0.717) is 17.1 Å². The average Bonchev–Trinajstić information content (AvgIpc) is 3.06. The molecule has 4 aromatic rings. The van der Waals surface area contributed by atoms with Crippen LogP contribution in [0.5, 0.6) is 0 Å². The van der Waals surface area contributed by atoms with Crippen LogP contribution in [0.1, 0.15) is 6.42 Å². The Morgan fingerprint density at radius 2 is 1.64 bits per heavy atom. The third-order valence-electron chi connectivity index (χ3n) is 6.30. The summed E-state index contributed by atoms with van der Waals surface area (Å²) in [5.74, 6) is -0.935. The Balaban J connectivity index is 1.58. The minimum absolute atomic E-state index is 0.126. The molecule has 0 fully saturated rings. The van der Waals surface area contributed by atoms with Crippen molar-refractivity contribution in [2.45, 2.75) is 11.3 Å². The van der Waals surface area contributed by atoms with Gasteiger partial charge >= 0.3 is 0 Å². The molecule has 0 radical (unpaired) electrons. The topological polar surface area (TPSA) is 150 Å². The van der Waals surface area contributed by atoms with Gasteiger partial charge in [0, 0.05) is 17.1 Å². The second kappa shape index (κ2) is 10.2. The number of amides is 2. The van der Waals surface area contributed by atoms with Crippen LogP contribution in [0, 0.1) is 10.1 Å². The minimum atomic E-state index is -4.43. The molecule has 1 aliphatic heterocycles. The van der Waals surface area contributed by atoms with Gasteiger partial charge in [0.15, 0.2) is 4.90 Å². The zero-order valence-electron chi connectivity index (χ0n) is 20.4. The van der Waals surface area contributed by atoms with Crippen molar-refractivity contribution in [2.24, 2.45) is 0 Å². The van der Waals surface area contributed by atoms with Crippen LogP contribution in [0.4, 0.5) is 28.4 Å². The summed E-state index contributed by atoms with van der Waals surface area (Å²) >= 11 is 0. The molecule has 5 rings (SSSR count). The molecule has 2 N–H and O–H groups in total. The Hall–Kier alpha value is -4.81. The smallest absolute Gasteiger partial charge is 0.289 e. The average molecular weight is 547 g/mol. The van der Waals surface area contributed by atoms with Crippen LogP contribution < -0.4 is 14.5 Å². The molecule has 0 saturated carbocycles. The second-order valence-corrected chi connectivity index (χ2v) is 10.5. The number of nitro benzene ring substituents is 1. The summed E-state index contributed by atoms with van der Waals surface area (Å²) in [6.45, 7) is -0.899. The number of aliphatic hydroxyl groups is 1. The third-order valence-corrected chi connectivity index (χ3v) is 8.18. The molecule has 11 nitrogen and oxygen atoms in total. The van der Waals surface area contributed by atoms with Gasteiger partial charge in [-0.2, -0.15) is 0 Å². The Bertz CT molecular complexity index is 1720. The molecule has 0 aliphatic carbocycles. The lowest BCUT2D eigenvalue weighted by atomic mass is 10.1. The lowest BCUT2D eigenvalue weighted by molar-refractivity contribution is -0.387. The van der Waals surface area contributed by atoms with Crippen molar-refractivity contribution >= 4 is 61.0 Å². The summed E-state index contributed by atoms with van der Waals surface area (Å²) < 4.78 is 27.8. The van der Waals surface area contributed by atoms with Crippen LogP contribution in [-0.4, -0.2) is 43.4 Å². The number of carbonyl (C=O) groups excluding carboxylic acids is 2. The fourth-order valence-electron chi connectivity index (χ4n) is 4.59. The van der Waals surface area contributed by atoms with Crippen LogP contribution in [0.2, 0.25) is 0 Å². The first kappa shape index (κ1) is 25.8. The van der Waals surface area contributed by atoms with E-state index in [2.05, 4.69) is 5.32 Å². The third kappa shape index (κ3) is 4.67. The van der Waals surface area contributed by atoms with Crippen molar-refractivity contribution in [1.82, 2.24) is 0 Å². The van der Waals surface area contributed by atoms with E-state index in [-0.39, 0.29) is 12.2 Å². The summed E-state index contributed by atoms with van der Waals surface area (Å²) in [6.07, 6.45) is -0.395. The van der Waals surface area contributed by atoms with Crippen molar-refractivity contribution in [1.29, 1.82) is 0 Å². The first-order valence-electron chi connectivity index (χ1n) is 11.8. The van der Waals surface area contributed by atoms with Crippen LogP contribution in [0.25, 0.3) is 10.8 Å². The summed E-state index contributed by atoms with van der Waals surface area (Å²) in [4.78, 5) is 37.2. The van der Waals surface area contributed by atoms with E-state index in [4.69, 9.17) is 0 Å². The Morgan fingerprint density at radius 3 is 2.36 bits per heavy atom. The summed E-state index contributed by atoms with van der Waals surface area (Å²) in [5, 5.41) is 25.5. The normalized spacial score (nSPS) is 13.5. The highest BCUT2D eigenvalue weighted by molar-refractivity contribution is 7.93. The van der Waals surface area contributed by atoms with Crippen molar-refractivity contribution in [2.75, 3.05) is 27.7 Å². The molecule has 39 heavy (non-hydrogen) atoms. The number of fused-ring (bicyclic) bond motifs is 3. The standard InChI is InChI=1S/C27H22N4O7S/c32-16-15-29(39(37,38)24-8-4-3-7-22(24)31(35)36)19-10-12-20(13-11-19)30-23-14-9-18-5-1-2-6-21(18)27(23)28-25(33)17-26(30)34/h1-14,32H,15-17H2,(H,28,33). The monoisotopic (exact) mass is 546 g/mol. The van der Waals surface area contributed by atoms with Gasteiger partial charge in [-0.1, -0.05) is 42.5 Å². The fraction of sp³-hybridized carbons (Fsp3) is 0.111. The Labute approximate surface area is 223 Å². The lowest BCUT2D eigenvalue weighted by Gasteiger charge is -2.26. The van der Waals surface area contributed by atoms with Gasteiger partial charge in [-0.25, -0.2) is 8.42 Å². The maximum absolute atomic E-state index is 13.5. The maximum atomic E-state index is 13.5. The molecule has 2 amide bonds. The number of benzene rings is 4. The number of anilines is 4. The SMILES string of the molecule is O=C1CC(=O)N(c2ccc(N(CCO)S(=O)(=O)c3ccccc3[N+](=O)[O-])cc2)c2ccc3ccccc3c2N1. The van der Waals surface area contributed by atoms with Crippen molar-refractivity contribution in [3.05, 3.63) is 95.0 Å². The first-order valence-corrected chi connectivity index (χ1v) is 13.3. The number of carbonyl (C=O) groups is 2. The molecular weight excluding hydrogens is 524 g/mol. The number of nitrogens with one attached hydrogen (secondary N) is 1. The zero-order valence-corrected chi connectivity index (χ0v) is 21.2. The summed E-state index contributed by atoms with van der Waals surface area (Å²) in [5.41, 5.74) is 0.851. The van der Waals surface area contributed by atoms with E-state index in [1.807, 2.05) is 30.3 Å². The molecule has 0 spiro atoms. The molecule has 1 aliphatic rings. The molecule has 0 atom stereocenters. The van der Waals surface area contributed by atoms with Gasteiger partial charge < -0.3 is 10.4 Å². The van der Waals surface area contributed by atoms with Gasteiger partial charge in [0.1, 0.15) is 6.42 Å². The molecule has 4 aromatic carbocycles. The van der Waals surface area contributed by atoms with Gasteiger partial charge in [-0.05, 0) is 41.8 Å². The maximum Gasteiger partial charge on any atom is 0.289 e. The van der Waals surface area contributed by atoms with E-state index in [9.17, 15) is 33.2 Å². The number of nitro groups is 1. The second-order valence-electron chi connectivity index (χ2n) is 8.68. The molecule has 12 heteroatoms. The fourth-order valence-corrected chi connectivity index (χ4v) is 6.20. The number of nitrogens with zero attached hydrogens (tertiary/aromatic N) is 3. The highest BCUT2D eigenvalue weighted by atomic mass is 32.2. The van der Waals surface area contributed by atoms with E-state index < -0.39 is 50.4 Å². The van der Waals surface area contributed by atoms with Crippen LogP contribution >= 0.6 is 0 Å². The largest absolute Gasteiger partial charge is 0.394 e. The predicted molar refractivity (Wildman–Crippen MR) is 145 cm³/mol. The van der Waals surface area contributed by atoms with Gasteiger partial charge in [-0.15, -0.1) is 0 Å². The summed E-state index contributed by atoms with van der Waals surface area (Å²) in [7, 11) is -4.43. The highest BCUT2D eigenvalue weighted by Gasteiger charge is 2.32. The number of sulfonamides is 1. The molecule has 1 heterocycles. The van der Waals surface area contributed by atoms with E-state index in [0.717, 1.165) is 27.2 Å². The Morgan fingerprint density at radius 1 is 0.949 bits per heavy atom. The number of rotatable bonds is 7. The number of para-hydroxylation sites is 1. The van der Waals surface area contributed by atoms with Crippen LogP contribution in [-0.2, 0) is 19.6 Å². The van der Waals surface area contributed by atoms with E-state index in [1.54, 1.807) is 6.07 Å². The highest BCUT2D eigenvalue weighted by Crippen LogP contribution is 2.40. The summed E-state index contributed by atoms with van der Waals surface area (Å²) in [6, 6.07) is 21.9. The first-order chi connectivity index (χ1) is 18.7. The number of aliphatic hydroxyl groups excluding tert-OH is 1. The molecule has 198 valence electrons. The quantitative estimate of drug-likeness (QED) is 0.202. The van der Waals surface area contributed by atoms with E-state index >= 15 is 0 Å². The van der Waals surface area contributed by atoms with Crippen LogP contribution in [0.3, 0.4) is 0 Å². The van der Waals surface area contributed by atoms with Gasteiger partial charge in [-0.3, -0.25) is 28.9 Å². The van der Waals surface area contributed by atoms with E-state index in [1.165, 1.54) is 41.3 Å². The van der Waals surface area contributed by atoms with Crippen molar-refractivity contribution in [3.8, 4) is 0 Å². The van der Waals surface area contributed by atoms with Gasteiger partial charge in [0.25, 0.3) is 15.7 Å². The molecular formula is C27H22N4O7S. The van der Waals surface area contributed by atoms with Crippen molar-refractivity contribution in [3.63, 3.8) is 0 Å². The zero-order chi connectivity index (χ0) is 27.7. The number of hydrogen-bond acceptors (Lipinski definition) is 7.